The molecule has 0 spiro atoms. The van der Waals surface area contributed by atoms with E-state index in [-0.39, 0.29) is 10.9 Å². The van der Waals surface area contributed by atoms with Crippen LogP contribution < -0.4 is 0 Å². The molecule has 5 rings (SSSR count). The second kappa shape index (κ2) is 8.84. The van der Waals surface area contributed by atoms with Crippen molar-refractivity contribution in [1.29, 1.82) is 0 Å². The molecule has 0 bridgehead atoms. The Morgan fingerprint density at radius 1 is 0.735 bits per heavy atom. The van der Waals surface area contributed by atoms with Crippen molar-refractivity contribution < 1.29 is 13.5 Å². The van der Waals surface area contributed by atoms with E-state index in [0.29, 0.717) is 12.1 Å². The topological polar surface area (TPSA) is 57.4 Å². The minimum atomic E-state index is -3.28. The van der Waals surface area contributed by atoms with E-state index in [4.69, 9.17) is 0 Å². The lowest BCUT2D eigenvalue weighted by atomic mass is 9.76. The van der Waals surface area contributed by atoms with Crippen LogP contribution in [-0.4, -0.2) is 37.3 Å². The lowest BCUT2D eigenvalue weighted by molar-refractivity contribution is 0.142. The van der Waals surface area contributed by atoms with Crippen molar-refractivity contribution in [2.75, 3.05) is 12.8 Å². The van der Waals surface area contributed by atoms with Crippen molar-refractivity contribution >= 4 is 9.84 Å². The molecule has 0 aromatic heterocycles. The summed E-state index contributed by atoms with van der Waals surface area (Å²) in [5, 5.41) is 11.3. The van der Waals surface area contributed by atoms with E-state index >= 15 is 0 Å². The number of hydrogen-bond donors (Lipinski definition) is 1. The average Bonchev–Trinajstić information content (AvgIpc) is 3.67. The number of hydrogen-bond acceptors (Lipinski definition) is 4. The predicted molar refractivity (Wildman–Crippen MR) is 134 cm³/mol. The molecule has 1 fully saturated rings. The van der Waals surface area contributed by atoms with Crippen LogP contribution in [0, 0.1) is 0 Å². The summed E-state index contributed by atoms with van der Waals surface area (Å²) in [5.74, 6) is 0. The van der Waals surface area contributed by atoms with Gasteiger partial charge in [0, 0.05) is 12.8 Å². The van der Waals surface area contributed by atoms with Gasteiger partial charge in [-0.2, -0.15) is 0 Å². The smallest absolute Gasteiger partial charge is 0.175 e. The third kappa shape index (κ3) is 3.96. The zero-order valence-electron chi connectivity index (χ0n) is 19.0. The summed E-state index contributed by atoms with van der Waals surface area (Å²) in [6, 6.07) is 37.6. The Bertz CT molecular complexity index is 1260. The van der Waals surface area contributed by atoms with Gasteiger partial charge in [0.15, 0.2) is 9.84 Å². The maximum absolute atomic E-state index is 11.8. The quantitative estimate of drug-likeness (QED) is 0.312. The van der Waals surface area contributed by atoms with Crippen LogP contribution >= 0.6 is 0 Å². The Labute approximate surface area is 201 Å². The summed E-state index contributed by atoms with van der Waals surface area (Å²) in [5.41, 5.74) is 3.55. The standard InChI is InChI=1S/C29H27NO3S/c1-34(32,33)26-19-17-22(18-20-26)28(31)27-21-30(27)29(23-11-5-2-6-12-23,24-13-7-3-8-14-24)25-15-9-4-10-16-25/h2-20,27-28,31H,21H2,1H3/t27?,28?,30-/m1/s1. The van der Waals surface area contributed by atoms with Crippen molar-refractivity contribution in [3.63, 3.8) is 0 Å². The van der Waals surface area contributed by atoms with Crippen molar-refractivity contribution in [3.05, 3.63) is 138 Å². The first-order valence-electron chi connectivity index (χ1n) is 11.3. The summed E-state index contributed by atoms with van der Waals surface area (Å²) in [7, 11) is -3.28. The molecular formula is C29H27NO3S. The highest BCUT2D eigenvalue weighted by molar-refractivity contribution is 7.90. The lowest BCUT2D eigenvalue weighted by Gasteiger charge is -2.38. The summed E-state index contributed by atoms with van der Waals surface area (Å²) in [6.07, 6.45) is 0.443. The lowest BCUT2D eigenvalue weighted by Crippen LogP contribution is -2.39. The third-order valence-corrected chi connectivity index (χ3v) is 7.80. The van der Waals surface area contributed by atoms with E-state index in [1.54, 1.807) is 24.3 Å². The molecule has 4 nitrogen and oxygen atoms in total. The first kappa shape index (κ1) is 22.5. The minimum Gasteiger partial charge on any atom is -0.387 e. The maximum Gasteiger partial charge on any atom is 0.175 e. The molecule has 0 aliphatic carbocycles. The Morgan fingerprint density at radius 2 is 1.15 bits per heavy atom. The van der Waals surface area contributed by atoms with Crippen molar-refractivity contribution in [2.45, 2.75) is 22.6 Å². The first-order valence-corrected chi connectivity index (χ1v) is 13.2. The molecule has 0 radical (unpaired) electrons. The fraction of sp³-hybridized carbons (Fsp3) is 0.172. The molecule has 1 saturated heterocycles. The van der Waals surface area contributed by atoms with Gasteiger partial charge >= 0.3 is 0 Å². The Kier molecular flexibility index (Phi) is 5.86. The summed E-state index contributed by atoms with van der Waals surface area (Å²) in [6.45, 7) is 0.702. The molecule has 0 saturated carbocycles. The summed E-state index contributed by atoms with van der Waals surface area (Å²) in [4.78, 5) is 2.59. The predicted octanol–water partition coefficient (Wildman–Crippen LogP) is 4.80. The Hall–Kier alpha value is -3.25. The zero-order chi connectivity index (χ0) is 23.8. The number of rotatable bonds is 7. The average molecular weight is 470 g/mol. The second-order valence-electron chi connectivity index (χ2n) is 8.81. The number of benzene rings is 4. The minimum absolute atomic E-state index is 0.121. The van der Waals surface area contributed by atoms with Crippen molar-refractivity contribution in [3.8, 4) is 0 Å². The van der Waals surface area contributed by atoms with Gasteiger partial charge in [-0.05, 0) is 34.4 Å². The molecule has 0 amide bonds. The number of nitrogens with zero attached hydrogens (tertiary/aromatic N) is 1. The van der Waals surface area contributed by atoms with E-state index in [9.17, 15) is 13.5 Å². The van der Waals surface area contributed by atoms with Gasteiger partial charge in [-0.3, -0.25) is 4.90 Å². The number of aliphatic hydroxyl groups is 1. The Balaban J connectivity index is 1.60. The van der Waals surface area contributed by atoms with E-state index in [2.05, 4.69) is 77.7 Å². The van der Waals surface area contributed by atoms with Gasteiger partial charge in [0.25, 0.3) is 0 Å². The highest BCUT2D eigenvalue weighted by Crippen LogP contribution is 2.50. The molecule has 4 aromatic carbocycles. The molecule has 172 valence electrons. The van der Waals surface area contributed by atoms with Crippen molar-refractivity contribution in [2.24, 2.45) is 0 Å². The third-order valence-electron chi connectivity index (χ3n) is 6.67. The summed E-state index contributed by atoms with van der Waals surface area (Å²) >= 11 is 0. The maximum atomic E-state index is 11.8. The van der Waals surface area contributed by atoms with Crippen LogP contribution in [0.15, 0.2) is 120 Å². The van der Waals surface area contributed by atoms with E-state index in [1.165, 1.54) is 6.26 Å². The SMILES string of the molecule is CS(=O)(=O)c1ccc(C(O)C2C[N@@]2C(c2ccccc2)(c2ccccc2)c2ccccc2)cc1. The largest absolute Gasteiger partial charge is 0.387 e. The van der Waals surface area contributed by atoms with Gasteiger partial charge in [-0.25, -0.2) is 8.42 Å². The van der Waals surface area contributed by atoms with Crippen molar-refractivity contribution in [1.82, 2.24) is 4.90 Å². The molecule has 34 heavy (non-hydrogen) atoms. The van der Waals surface area contributed by atoms with Crippen LogP contribution in [0.25, 0.3) is 0 Å². The van der Waals surface area contributed by atoms with Crippen LogP contribution in [0.1, 0.15) is 28.4 Å². The molecule has 2 unspecified atom stereocenters. The molecule has 1 heterocycles. The van der Waals surface area contributed by atoms with Gasteiger partial charge in [-0.1, -0.05) is 103 Å². The molecule has 3 atom stereocenters. The van der Waals surface area contributed by atoms with E-state index < -0.39 is 21.5 Å². The number of sulfone groups is 1. The van der Waals surface area contributed by atoms with Crippen LogP contribution in [0.4, 0.5) is 0 Å². The highest BCUT2D eigenvalue weighted by atomic mass is 32.2. The molecule has 1 N–H and O–H groups in total. The number of aliphatic hydroxyl groups excluding tert-OH is 1. The second-order valence-corrected chi connectivity index (χ2v) is 10.8. The molecule has 4 aromatic rings. The van der Waals surface area contributed by atoms with Gasteiger partial charge in [0.05, 0.1) is 22.6 Å². The van der Waals surface area contributed by atoms with Gasteiger partial charge in [-0.15, -0.1) is 0 Å². The summed E-state index contributed by atoms with van der Waals surface area (Å²) < 4.78 is 23.7. The van der Waals surface area contributed by atoms with E-state index in [1.807, 2.05) is 18.2 Å². The van der Waals surface area contributed by atoms with Gasteiger partial charge < -0.3 is 5.11 Å². The van der Waals surface area contributed by atoms with Gasteiger partial charge in [0.2, 0.25) is 0 Å². The fourth-order valence-electron chi connectivity index (χ4n) is 4.98. The normalized spacial score (nSPS) is 18.9. The molecule has 5 heteroatoms. The molecule has 1 aliphatic rings. The van der Waals surface area contributed by atoms with Crippen LogP contribution in [0.3, 0.4) is 0 Å². The zero-order valence-corrected chi connectivity index (χ0v) is 19.8. The fourth-order valence-corrected chi connectivity index (χ4v) is 5.61. The first-order chi connectivity index (χ1) is 16.4. The highest BCUT2D eigenvalue weighted by Gasteiger charge is 2.55. The molecular weight excluding hydrogens is 442 g/mol. The van der Waals surface area contributed by atoms with E-state index in [0.717, 1.165) is 16.7 Å². The van der Waals surface area contributed by atoms with Gasteiger partial charge in [0.1, 0.15) is 0 Å². The van der Waals surface area contributed by atoms with Crippen LogP contribution in [0.2, 0.25) is 0 Å². The van der Waals surface area contributed by atoms with Crippen LogP contribution in [0.5, 0.6) is 0 Å². The Morgan fingerprint density at radius 3 is 1.53 bits per heavy atom. The van der Waals surface area contributed by atoms with Crippen LogP contribution in [-0.2, 0) is 15.4 Å². The molecule has 1 aliphatic heterocycles. The monoisotopic (exact) mass is 469 g/mol.